The lowest BCUT2D eigenvalue weighted by Gasteiger charge is -2.13. The van der Waals surface area contributed by atoms with E-state index in [1.54, 1.807) is 64.8 Å². The van der Waals surface area contributed by atoms with Crippen LogP contribution in [0.4, 0.5) is 0 Å². The van der Waals surface area contributed by atoms with Gasteiger partial charge in [-0.05, 0) is 133 Å². The Bertz CT molecular complexity index is 2610. The van der Waals surface area contributed by atoms with Gasteiger partial charge >= 0.3 is 0 Å². The quantitative estimate of drug-likeness (QED) is 0.134. The van der Waals surface area contributed by atoms with Crippen LogP contribution in [-0.2, 0) is 9.84 Å². The maximum Gasteiger partial charge on any atom is 0.206 e. The fourth-order valence-corrected chi connectivity index (χ4v) is 7.64. The van der Waals surface area contributed by atoms with Gasteiger partial charge in [0.15, 0.2) is 0 Å². The molecule has 2 aromatic heterocycles. The van der Waals surface area contributed by atoms with Gasteiger partial charge in [0, 0.05) is 22.3 Å². The van der Waals surface area contributed by atoms with E-state index in [-0.39, 0.29) is 9.79 Å². The molecule has 55 heavy (non-hydrogen) atoms. The molecular formula is C44H34N4O6S. The molecule has 0 N–H and O–H groups in total. The molecule has 0 spiro atoms. The van der Waals surface area contributed by atoms with Crippen molar-refractivity contribution in [3.05, 3.63) is 133 Å². The molecule has 8 aromatic rings. The van der Waals surface area contributed by atoms with Gasteiger partial charge in [-0.25, -0.2) is 28.4 Å². The average Bonchev–Trinajstić information content (AvgIpc) is 3.25. The summed E-state index contributed by atoms with van der Waals surface area (Å²) in [5.41, 5.74) is 7.67. The third-order valence-corrected chi connectivity index (χ3v) is 11.1. The maximum atomic E-state index is 14.3. The smallest absolute Gasteiger partial charge is 0.206 e. The summed E-state index contributed by atoms with van der Waals surface area (Å²) in [5.74, 6) is 2.83. The van der Waals surface area contributed by atoms with Crippen LogP contribution in [0.25, 0.3) is 67.1 Å². The number of aromatic nitrogens is 4. The summed E-state index contributed by atoms with van der Waals surface area (Å²) in [4.78, 5) is 20.1. The van der Waals surface area contributed by atoms with E-state index >= 15 is 0 Å². The van der Waals surface area contributed by atoms with E-state index in [2.05, 4.69) is 0 Å². The molecular weight excluding hydrogens is 713 g/mol. The van der Waals surface area contributed by atoms with Crippen LogP contribution in [-0.4, -0.2) is 56.8 Å². The second-order valence-electron chi connectivity index (χ2n) is 12.6. The first-order chi connectivity index (χ1) is 26.8. The summed E-state index contributed by atoms with van der Waals surface area (Å²) in [6.07, 6.45) is 0. The van der Waals surface area contributed by atoms with Crippen LogP contribution in [0.3, 0.4) is 0 Å². The van der Waals surface area contributed by atoms with Gasteiger partial charge in [-0.3, -0.25) is 0 Å². The number of hydrogen-bond acceptors (Lipinski definition) is 10. The molecule has 0 saturated carbocycles. The Kier molecular flexibility index (Phi) is 9.29. The number of hydrogen-bond donors (Lipinski definition) is 0. The van der Waals surface area contributed by atoms with Gasteiger partial charge in [0.05, 0.1) is 83.1 Å². The number of benzene rings is 6. The van der Waals surface area contributed by atoms with Gasteiger partial charge in [-0.1, -0.05) is 0 Å². The van der Waals surface area contributed by atoms with Crippen molar-refractivity contribution in [1.82, 2.24) is 19.9 Å². The summed E-state index contributed by atoms with van der Waals surface area (Å²) >= 11 is 0. The Labute approximate surface area is 317 Å². The van der Waals surface area contributed by atoms with Crippen molar-refractivity contribution in [3.8, 4) is 68.0 Å². The third kappa shape index (κ3) is 6.77. The molecule has 0 radical (unpaired) electrons. The Morgan fingerprint density at radius 3 is 0.855 bits per heavy atom. The number of ether oxygens (including phenoxy) is 4. The number of sulfone groups is 1. The van der Waals surface area contributed by atoms with Crippen molar-refractivity contribution < 1.29 is 27.4 Å². The van der Waals surface area contributed by atoms with Gasteiger partial charge in [0.1, 0.15) is 23.0 Å². The highest BCUT2D eigenvalue weighted by Gasteiger charge is 2.22. The number of rotatable bonds is 10. The highest BCUT2D eigenvalue weighted by molar-refractivity contribution is 7.91. The van der Waals surface area contributed by atoms with Crippen LogP contribution < -0.4 is 18.9 Å². The van der Waals surface area contributed by atoms with Gasteiger partial charge in [-0.15, -0.1) is 0 Å². The van der Waals surface area contributed by atoms with Crippen LogP contribution in [0, 0.1) is 0 Å². The topological polar surface area (TPSA) is 123 Å². The fraction of sp³-hybridized carbons (Fsp3) is 0.0909. The van der Waals surface area contributed by atoms with Crippen LogP contribution >= 0.6 is 0 Å². The Hall–Kier alpha value is -6.85. The normalized spacial score (nSPS) is 11.4. The first-order valence-electron chi connectivity index (χ1n) is 17.2. The molecule has 0 aliphatic heterocycles. The van der Waals surface area contributed by atoms with Crippen molar-refractivity contribution in [2.24, 2.45) is 0 Å². The molecule has 0 bridgehead atoms. The molecule has 8 rings (SSSR count). The van der Waals surface area contributed by atoms with E-state index < -0.39 is 9.84 Å². The van der Waals surface area contributed by atoms with Crippen LogP contribution in [0.5, 0.6) is 23.0 Å². The van der Waals surface area contributed by atoms with Gasteiger partial charge in [0.25, 0.3) is 0 Å². The lowest BCUT2D eigenvalue weighted by atomic mass is 10.0. The molecule has 0 amide bonds. The van der Waals surface area contributed by atoms with E-state index in [0.29, 0.717) is 67.8 Å². The minimum absolute atomic E-state index is 0.0738. The van der Waals surface area contributed by atoms with Crippen LogP contribution in [0.2, 0.25) is 0 Å². The van der Waals surface area contributed by atoms with Gasteiger partial charge in [-0.2, -0.15) is 0 Å². The highest BCUT2D eigenvalue weighted by Crippen LogP contribution is 2.36. The SMILES string of the molecule is COc1ccc(-c2nc3ccc(S(=O)(=O)c4ccc5nc(-c6ccc(OC)cc6)c(-c6ccc(OC)cc6)nc5c4)cc3nc2-c2ccc(OC)cc2)cc1. The second-order valence-corrected chi connectivity index (χ2v) is 14.5. The maximum absolute atomic E-state index is 14.3. The minimum atomic E-state index is -4.03. The van der Waals surface area contributed by atoms with Crippen molar-refractivity contribution >= 4 is 31.9 Å². The number of methoxy groups -OCH3 is 4. The standard InChI is InChI=1S/C44H34N4O6S/c1-51-31-13-5-27(6-14-31)41-43(29-9-17-33(53-3)18-10-29)47-39-25-35(21-23-37(39)45-41)55(49,50)36-22-24-38-40(26-36)48-44(30-11-19-34(54-4)20-12-30)42(46-38)28-7-15-32(52-2)16-8-28/h5-26H,1-4H3. The number of nitrogens with zero attached hydrogens (tertiary/aromatic N) is 4. The molecule has 10 nitrogen and oxygen atoms in total. The second kappa shape index (κ2) is 14.5. The van der Waals surface area contributed by atoms with E-state index in [1.165, 1.54) is 0 Å². The molecule has 272 valence electrons. The number of fused-ring (bicyclic) bond motifs is 2. The van der Waals surface area contributed by atoms with Crippen LogP contribution in [0.15, 0.2) is 143 Å². The third-order valence-electron chi connectivity index (χ3n) is 9.35. The Morgan fingerprint density at radius 1 is 0.345 bits per heavy atom. The molecule has 0 fully saturated rings. The van der Waals surface area contributed by atoms with Gasteiger partial charge < -0.3 is 18.9 Å². The minimum Gasteiger partial charge on any atom is -0.497 e. The van der Waals surface area contributed by atoms with Crippen LogP contribution in [0.1, 0.15) is 0 Å². The summed E-state index contributed by atoms with van der Waals surface area (Å²) in [5, 5.41) is 0. The summed E-state index contributed by atoms with van der Waals surface area (Å²) < 4.78 is 50.1. The first kappa shape index (κ1) is 35.2. The lowest BCUT2D eigenvalue weighted by Crippen LogP contribution is -2.04. The largest absolute Gasteiger partial charge is 0.497 e. The average molecular weight is 747 g/mol. The highest BCUT2D eigenvalue weighted by atomic mass is 32.2. The zero-order valence-electron chi connectivity index (χ0n) is 30.3. The predicted molar refractivity (Wildman–Crippen MR) is 212 cm³/mol. The monoisotopic (exact) mass is 746 g/mol. The van der Waals surface area contributed by atoms with Gasteiger partial charge in [0.2, 0.25) is 9.84 Å². The molecule has 0 saturated heterocycles. The molecule has 11 heteroatoms. The van der Waals surface area contributed by atoms with Crippen molar-refractivity contribution in [3.63, 3.8) is 0 Å². The molecule has 0 aliphatic rings. The summed E-state index contributed by atoms with van der Waals surface area (Å²) in [6, 6.07) is 39.8. The zero-order valence-corrected chi connectivity index (χ0v) is 31.2. The molecule has 0 atom stereocenters. The van der Waals surface area contributed by atoms with E-state index in [0.717, 1.165) is 22.3 Å². The fourth-order valence-electron chi connectivity index (χ4n) is 6.34. The summed E-state index contributed by atoms with van der Waals surface area (Å²) in [6.45, 7) is 0. The van der Waals surface area contributed by atoms with E-state index in [4.69, 9.17) is 38.9 Å². The first-order valence-corrected chi connectivity index (χ1v) is 18.7. The van der Waals surface area contributed by atoms with Crippen molar-refractivity contribution in [1.29, 1.82) is 0 Å². The lowest BCUT2D eigenvalue weighted by molar-refractivity contribution is 0.414. The van der Waals surface area contributed by atoms with E-state index in [1.807, 2.05) is 97.1 Å². The zero-order chi connectivity index (χ0) is 38.1. The molecule has 2 heterocycles. The summed E-state index contributed by atoms with van der Waals surface area (Å²) in [7, 11) is 2.42. The Morgan fingerprint density at radius 2 is 0.600 bits per heavy atom. The molecule has 6 aromatic carbocycles. The van der Waals surface area contributed by atoms with Crippen molar-refractivity contribution in [2.45, 2.75) is 9.79 Å². The predicted octanol–water partition coefficient (Wildman–Crippen LogP) is 9.11. The molecule has 0 aliphatic carbocycles. The molecule has 0 unspecified atom stereocenters. The van der Waals surface area contributed by atoms with Crippen molar-refractivity contribution in [2.75, 3.05) is 28.4 Å². The Balaban J connectivity index is 1.23. The van der Waals surface area contributed by atoms with E-state index in [9.17, 15) is 8.42 Å².